The third-order valence-corrected chi connectivity index (χ3v) is 5.46. The maximum Gasteiger partial charge on any atom is 0.325 e. The van der Waals surface area contributed by atoms with Gasteiger partial charge in [0, 0.05) is 0 Å². The van der Waals surface area contributed by atoms with Crippen molar-refractivity contribution in [1.29, 1.82) is 0 Å². The van der Waals surface area contributed by atoms with E-state index in [0.29, 0.717) is 42.5 Å². The largest absolute Gasteiger partial charge is 0.423 e. The van der Waals surface area contributed by atoms with E-state index in [4.69, 9.17) is 33.4 Å². The minimum Gasteiger partial charge on any atom is -0.423 e. The number of aromatic nitrogens is 1. The van der Waals surface area contributed by atoms with Crippen molar-refractivity contribution in [2.24, 2.45) is 11.5 Å². The fourth-order valence-corrected chi connectivity index (χ4v) is 3.44. The summed E-state index contributed by atoms with van der Waals surface area (Å²) in [4.78, 5) is 29.5. The quantitative estimate of drug-likeness (QED) is 0.130. The van der Waals surface area contributed by atoms with Crippen LogP contribution < -0.4 is 38.7 Å². The summed E-state index contributed by atoms with van der Waals surface area (Å²) in [6.07, 6.45) is 5.86. The zero-order chi connectivity index (χ0) is 25.6. The Kier molecular flexibility index (Phi) is 11.7. The predicted octanol–water partition coefficient (Wildman–Crippen LogP) is 1.30. The number of likely N-dealkylation sites (tertiary alicyclic amines) is 1. The first-order valence-corrected chi connectivity index (χ1v) is 11.9. The van der Waals surface area contributed by atoms with E-state index in [9.17, 15) is 9.59 Å². The third-order valence-electron chi connectivity index (χ3n) is 5.46. The van der Waals surface area contributed by atoms with Crippen molar-refractivity contribution in [2.45, 2.75) is 44.6 Å². The number of carbonyl (C=O) groups excluding carboxylic acids is 2. The molecule has 1 saturated heterocycles. The van der Waals surface area contributed by atoms with Crippen LogP contribution in [0.5, 0.6) is 5.75 Å². The zero-order valence-electron chi connectivity index (χ0n) is 20.1. The van der Waals surface area contributed by atoms with Crippen LogP contribution in [-0.4, -0.2) is 54.0 Å². The monoisotopic (exact) mass is 486 g/mol. The van der Waals surface area contributed by atoms with Crippen LogP contribution in [0.2, 0.25) is 0 Å². The van der Waals surface area contributed by atoms with E-state index in [1.54, 1.807) is 30.3 Å². The summed E-state index contributed by atoms with van der Waals surface area (Å²) in [5.41, 5.74) is 28.8. The number of unbranched alkanes of at least 4 members (excludes halogenated alkanes) is 1. The van der Waals surface area contributed by atoms with Crippen LogP contribution in [0.1, 0.15) is 38.5 Å². The number of nitrogen functional groups attached to an aromatic ring is 3. The summed E-state index contributed by atoms with van der Waals surface area (Å²) < 4.78 is 5.24. The minimum atomic E-state index is -0.572. The molecule has 0 spiro atoms. The molecule has 0 radical (unpaired) electrons. The van der Waals surface area contributed by atoms with Crippen LogP contribution in [0, 0.1) is 0 Å². The number of ether oxygens (including phenoxy) is 1. The van der Waals surface area contributed by atoms with E-state index in [2.05, 4.69) is 15.2 Å². The minimum absolute atomic E-state index is 0.185. The SMILES string of the molecule is NCCCCC(N)C(=O)Nc1ccc(N)c(N)n1.Nc1ccccc1OC(=O)CN1CCCCC1. The number of nitrogens with zero attached hydrogens (tertiary/aromatic N) is 2. The molecule has 1 aliphatic heterocycles. The standard InChI is InChI=1S/C13H18N2O2.C11H20N6O/c14-11-6-2-3-7-12(11)17-13(16)10-15-8-4-1-5-9-15;12-6-2-1-3-8(14)11(18)17-9-5-4-7(13)10(15)16-9/h2-3,6-7H,1,4-5,8-10,14H2;4-5,8H,1-3,6,12-14H2,(H3,15,16,17,18). The number of nitrogens with two attached hydrogens (primary N) is 5. The van der Waals surface area contributed by atoms with E-state index in [0.717, 1.165) is 25.9 Å². The molecule has 1 unspecified atom stereocenters. The van der Waals surface area contributed by atoms with Gasteiger partial charge in [0.15, 0.2) is 5.75 Å². The number of benzene rings is 1. The van der Waals surface area contributed by atoms with Gasteiger partial charge < -0.3 is 38.7 Å². The number of piperidine rings is 1. The normalized spacial score (nSPS) is 14.3. The first kappa shape index (κ1) is 27.8. The topological polar surface area (TPSA) is 202 Å². The molecule has 1 fully saturated rings. The van der Waals surface area contributed by atoms with E-state index < -0.39 is 6.04 Å². The molecule has 11 N–H and O–H groups in total. The number of pyridine rings is 1. The maximum atomic E-state index is 11.7. The summed E-state index contributed by atoms with van der Waals surface area (Å²) in [5, 5.41) is 2.59. The number of anilines is 4. The fraction of sp³-hybridized carbons (Fsp3) is 0.458. The summed E-state index contributed by atoms with van der Waals surface area (Å²) >= 11 is 0. The van der Waals surface area contributed by atoms with Crippen molar-refractivity contribution in [2.75, 3.05) is 48.7 Å². The molecule has 2 heterocycles. The zero-order valence-corrected chi connectivity index (χ0v) is 20.1. The molecule has 35 heavy (non-hydrogen) atoms. The average Bonchev–Trinajstić information content (AvgIpc) is 2.84. The Morgan fingerprint density at radius 3 is 2.37 bits per heavy atom. The summed E-state index contributed by atoms with van der Waals surface area (Å²) in [5.74, 6) is 0.466. The van der Waals surface area contributed by atoms with Crippen LogP contribution in [0.25, 0.3) is 0 Å². The molecule has 3 rings (SSSR count). The molecule has 0 aliphatic carbocycles. The van der Waals surface area contributed by atoms with Crippen LogP contribution in [0.15, 0.2) is 36.4 Å². The van der Waals surface area contributed by atoms with Gasteiger partial charge in [-0.2, -0.15) is 0 Å². The first-order valence-electron chi connectivity index (χ1n) is 11.9. The number of nitrogens with one attached hydrogen (secondary N) is 1. The van der Waals surface area contributed by atoms with Crippen molar-refractivity contribution < 1.29 is 14.3 Å². The van der Waals surface area contributed by atoms with Crippen LogP contribution in [0.3, 0.4) is 0 Å². The molecule has 192 valence electrons. The Hall–Kier alpha value is -3.41. The lowest BCUT2D eigenvalue weighted by molar-refractivity contribution is -0.135. The van der Waals surface area contributed by atoms with Crippen molar-refractivity contribution in [3.05, 3.63) is 36.4 Å². The molecule has 11 nitrogen and oxygen atoms in total. The molecular formula is C24H38N8O3. The maximum absolute atomic E-state index is 11.7. The molecule has 1 aromatic carbocycles. The number of amides is 1. The van der Waals surface area contributed by atoms with Gasteiger partial charge in [-0.15, -0.1) is 0 Å². The number of rotatable bonds is 9. The van der Waals surface area contributed by atoms with E-state index in [1.807, 2.05) is 6.07 Å². The van der Waals surface area contributed by atoms with E-state index in [-0.39, 0.29) is 17.7 Å². The number of hydrogen-bond acceptors (Lipinski definition) is 10. The number of hydrogen-bond donors (Lipinski definition) is 6. The van der Waals surface area contributed by atoms with Gasteiger partial charge in [-0.05, 0) is 69.6 Å². The van der Waals surface area contributed by atoms with Crippen molar-refractivity contribution in [3.8, 4) is 5.75 Å². The third kappa shape index (κ3) is 10.2. The highest BCUT2D eigenvalue weighted by atomic mass is 16.5. The molecule has 0 bridgehead atoms. The van der Waals surface area contributed by atoms with Gasteiger partial charge in [0.05, 0.1) is 24.0 Å². The Bertz CT molecular complexity index is 950. The van der Waals surface area contributed by atoms with Gasteiger partial charge >= 0.3 is 5.97 Å². The second kappa shape index (κ2) is 14.8. The summed E-state index contributed by atoms with van der Waals surface area (Å²) in [6, 6.07) is 9.65. The van der Waals surface area contributed by atoms with Crippen LogP contribution in [-0.2, 0) is 9.59 Å². The van der Waals surface area contributed by atoms with Crippen LogP contribution in [0.4, 0.5) is 23.0 Å². The average molecular weight is 487 g/mol. The molecule has 1 aromatic heterocycles. The first-order chi connectivity index (χ1) is 16.8. The number of para-hydroxylation sites is 2. The Balaban J connectivity index is 0.000000247. The highest BCUT2D eigenvalue weighted by molar-refractivity contribution is 5.94. The Morgan fingerprint density at radius 2 is 1.71 bits per heavy atom. The van der Waals surface area contributed by atoms with Gasteiger partial charge in [0.2, 0.25) is 5.91 Å². The Morgan fingerprint density at radius 1 is 1.00 bits per heavy atom. The number of esters is 1. The van der Waals surface area contributed by atoms with Crippen molar-refractivity contribution in [1.82, 2.24) is 9.88 Å². The lowest BCUT2D eigenvalue weighted by Gasteiger charge is -2.25. The molecule has 1 atom stereocenters. The highest BCUT2D eigenvalue weighted by Gasteiger charge is 2.16. The highest BCUT2D eigenvalue weighted by Crippen LogP contribution is 2.20. The van der Waals surface area contributed by atoms with Gasteiger partial charge in [0.25, 0.3) is 0 Å². The van der Waals surface area contributed by atoms with Gasteiger partial charge in [-0.1, -0.05) is 25.0 Å². The predicted molar refractivity (Wildman–Crippen MR) is 139 cm³/mol. The van der Waals surface area contributed by atoms with Gasteiger partial charge in [-0.3, -0.25) is 14.5 Å². The second-order valence-corrected chi connectivity index (χ2v) is 8.40. The smallest absolute Gasteiger partial charge is 0.325 e. The second-order valence-electron chi connectivity index (χ2n) is 8.40. The molecular weight excluding hydrogens is 448 g/mol. The Labute approximate surface area is 206 Å². The van der Waals surface area contributed by atoms with Crippen molar-refractivity contribution in [3.63, 3.8) is 0 Å². The fourth-order valence-electron chi connectivity index (χ4n) is 3.44. The van der Waals surface area contributed by atoms with Crippen molar-refractivity contribution >= 4 is 34.9 Å². The molecule has 1 amide bonds. The van der Waals surface area contributed by atoms with Crippen LogP contribution >= 0.6 is 0 Å². The van der Waals surface area contributed by atoms with Gasteiger partial charge in [0.1, 0.15) is 11.6 Å². The van der Waals surface area contributed by atoms with E-state index in [1.165, 1.54) is 19.3 Å². The summed E-state index contributed by atoms with van der Waals surface area (Å²) in [6.45, 7) is 2.93. The van der Waals surface area contributed by atoms with E-state index >= 15 is 0 Å². The lowest BCUT2D eigenvalue weighted by Crippen LogP contribution is -2.36. The number of carbonyl (C=O) groups is 2. The van der Waals surface area contributed by atoms with Gasteiger partial charge in [-0.25, -0.2) is 4.98 Å². The molecule has 2 aromatic rings. The molecule has 1 aliphatic rings. The summed E-state index contributed by atoms with van der Waals surface area (Å²) in [7, 11) is 0. The molecule has 0 saturated carbocycles. The molecule has 11 heteroatoms. The lowest BCUT2D eigenvalue weighted by atomic mass is 10.1.